The fourth-order valence-corrected chi connectivity index (χ4v) is 2.97. The van der Waals surface area contributed by atoms with E-state index in [0.29, 0.717) is 11.3 Å². The van der Waals surface area contributed by atoms with Crippen LogP contribution >= 0.6 is 0 Å². The van der Waals surface area contributed by atoms with Gasteiger partial charge in [0.15, 0.2) is 21.4 Å². The van der Waals surface area contributed by atoms with Crippen molar-refractivity contribution < 1.29 is 13.2 Å². The van der Waals surface area contributed by atoms with Gasteiger partial charge in [0, 0.05) is 12.5 Å². The predicted molar refractivity (Wildman–Crippen MR) is 52.8 cm³/mol. The molecule has 1 aromatic rings. The van der Waals surface area contributed by atoms with Crippen molar-refractivity contribution in [2.45, 2.75) is 18.4 Å². The maximum Gasteiger partial charge on any atom is 0.197 e. The van der Waals surface area contributed by atoms with Crippen molar-refractivity contribution in [1.29, 1.82) is 0 Å². The topological polar surface area (TPSA) is 103 Å². The van der Waals surface area contributed by atoms with Crippen LogP contribution in [0.3, 0.4) is 0 Å². The molecule has 80 valence electrons. The minimum Gasteiger partial charge on any atom is -0.383 e. The van der Waals surface area contributed by atoms with Gasteiger partial charge in [-0.15, -0.1) is 0 Å². The second-order valence-electron chi connectivity index (χ2n) is 3.45. The normalized spacial score (nSPS) is 17.4. The fourth-order valence-electron chi connectivity index (χ4n) is 1.46. The molecule has 0 amide bonds. The monoisotopic (exact) mass is 227 g/mol. The predicted octanol–water partition coefficient (Wildman–Crippen LogP) is -0.310. The molecule has 7 heteroatoms. The van der Waals surface area contributed by atoms with Crippen LogP contribution in [0, 0.1) is 0 Å². The third-order valence-electron chi connectivity index (χ3n) is 2.16. The van der Waals surface area contributed by atoms with E-state index in [1.165, 1.54) is 6.92 Å². The zero-order valence-electron chi connectivity index (χ0n) is 8.02. The Morgan fingerprint density at radius 3 is 2.60 bits per heavy atom. The number of rotatable bonds is 1. The number of anilines is 1. The Hall–Kier alpha value is -1.50. The third-order valence-corrected chi connectivity index (χ3v) is 3.60. The standard InChI is InChI=1S/C8H9N3O3S/c1-4(12)8-10-6-3-15(13,14)2-5(6)7(9)11-8/h2-3H2,1H3,(H2,9,10,11). The highest BCUT2D eigenvalue weighted by Gasteiger charge is 2.29. The van der Waals surface area contributed by atoms with Crippen molar-refractivity contribution in [2.24, 2.45) is 0 Å². The number of sulfone groups is 1. The zero-order chi connectivity index (χ0) is 11.2. The van der Waals surface area contributed by atoms with E-state index in [-0.39, 0.29) is 28.9 Å². The van der Waals surface area contributed by atoms with Gasteiger partial charge < -0.3 is 5.73 Å². The third kappa shape index (κ3) is 1.70. The Balaban J connectivity index is 2.61. The van der Waals surface area contributed by atoms with E-state index in [4.69, 9.17) is 5.73 Å². The summed E-state index contributed by atoms with van der Waals surface area (Å²) in [4.78, 5) is 18.7. The number of Topliss-reactive ketones (excluding diaryl/α,β-unsaturated/α-hetero) is 1. The first kappa shape index (κ1) is 10.0. The van der Waals surface area contributed by atoms with Crippen molar-refractivity contribution in [2.75, 3.05) is 5.73 Å². The van der Waals surface area contributed by atoms with Gasteiger partial charge in [0.25, 0.3) is 0 Å². The van der Waals surface area contributed by atoms with Gasteiger partial charge in [-0.05, 0) is 0 Å². The molecule has 0 aromatic carbocycles. The highest BCUT2D eigenvalue weighted by molar-refractivity contribution is 7.90. The van der Waals surface area contributed by atoms with E-state index in [1.807, 2.05) is 0 Å². The van der Waals surface area contributed by atoms with Crippen LogP contribution in [0.5, 0.6) is 0 Å². The molecule has 0 spiro atoms. The molecule has 2 heterocycles. The Labute approximate surface area is 86.5 Å². The molecule has 2 N–H and O–H groups in total. The Morgan fingerprint density at radius 2 is 2.00 bits per heavy atom. The lowest BCUT2D eigenvalue weighted by molar-refractivity contribution is 0.100. The van der Waals surface area contributed by atoms with Crippen LogP contribution in [0.2, 0.25) is 0 Å². The van der Waals surface area contributed by atoms with Crippen LogP contribution in [0.4, 0.5) is 5.82 Å². The molecule has 0 radical (unpaired) electrons. The summed E-state index contributed by atoms with van der Waals surface area (Å²) in [5.74, 6) is -0.551. The van der Waals surface area contributed by atoms with E-state index < -0.39 is 9.84 Å². The van der Waals surface area contributed by atoms with Crippen molar-refractivity contribution in [3.05, 3.63) is 17.1 Å². The quantitative estimate of drug-likeness (QED) is 0.660. The van der Waals surface area contributed by atoms with Gasteiger partial charge in [-0.2, -0.15) is 0 Å². The van der Waals surface area contributed by atoms with Crippen molar-refractivity contribution in [3.8, 4) is 0 Å². The van der Waals surface area contributed by atoms with Gasteiger partial charge in [0.2, 0.25) is 0 Å². The number of nitrogen functional groups attached to an aromatic ring is 1. The Bertz CT molecular complexity index is 550. The van der Waals surface area contributed by atoms with Crippen LogP contribution in [-0.2, 0) is 21.3 Å². The van der Waals surface area contributed by atoms with E-state index in [1.54, 1.807) is 0 Å². The zero-order valence-corrected chi connectivity index (χ0v) is 8.84. The highest BCUT2D eigenvalue weighted by Crippen LogP contribution is 2.26. The molecule has 0 aliphatic carbocycles. The fraction of sp³-hybridized carbons (Fsp3) is 0.375. The number of nitrogens with two attached hydrogens (primary N) is 1. The SMILES string of the molecule is CC(=O)c1nc(N)c2c(n1)CS(=O)(=O)C2. The summed E-state index contributed by atoms with van der Waals surface area (Å²) in [7, 11) is -3.16. The van der Waals surface area contributed by atoms with Crippen molar-refractivity contribution in [3.63, 3.8) is 0 Å². The molecule has 0 fully saturated rings. The number of ketones is 1. The van der Waals surface area contributed by atoms with E-state index >= 15 is 0 Å². The smallest absolute Gasteiger partial charge is 0.197 e. The van der Waals surface area contributed by atoms with Crippen LogP contribution in [0.15, 0.2) is 0 Å². The molecule has 0 bridgehead atoms. The number of nitrogens with zero attached hydrogens (tertiary/aromatic N) is 2. The molecule has 2 rings (SSSR count). The molecule has 15 heavy (non-hydrogen) atoms. The molecule has 0 saturated carbocycles. The minimum absolute atomic E-state index is 0.0247. The lowest BCUT2D eigenvalue weighted by Gasteiger charge is -2.02. The first-order valence-corrected chi connectivity index (χ1v) is 6.08. The molecule has 6 nitrogen and oxygen atoms in total. The molecular weight excluding hydrogens is 218 g/mol. The maximum absolute atomic E-state index is 11.3. The average molecular weight is 227 g/mol. The molecule has 1 aromatic heterocycles. The second-order valence-corrected chi connectivity index (χ2v) is 5.51. The Morgan fingerprint density at radius 1 is 1.33 bits per heavy atom. The van der Waals surface area contributed by atoms with Gasteiger partial charge in [-0.1, -0.05) is 0 Å². The molecule has 1 aliphatic heterocycles. The summed E-state index contributed by atoms with van der Waals surface area (Å²) >= 11 is 0. The first-order chi connectivity index (χ1) is 6.89. The number of fused-ring (bicyclic) bond motifs is 1. The number of hydrogen-bond acceptors (Lipinski definition) is 6. The average Bonchev–Trinajstić information content (AvgIpc) is 2.39. The number of hydrogen-bond donors (Lipinski definition) is 1. The summed E-state index contributed by atoms with van der Waals surface area (Å²) < 4.78 is 22.6. The van der Waals surface area contributed by atoms with Crippen LogP contribution in [0.1, 0.15) is 28.8 Å². The molecular formula is C8H9N3O3S. The summed E-state index contributed by atoms with van der Waals surface area (Å²) in [5.41, 5.74) is 6.35. The summed E-state index contributed by atoms with van der Waals surface area (Å²) in [5, 5.41) is 0. The number of carbonyl (C=O) groups is 1. The number of aromatic nitrogens is 2. The van der Waals surface area contributed by atoms with Crippen molar-refractivity contribution in [1.82, 2.24) is 9.97 Å². The summed E-state index contributed by atoms with van der Waals surface area (Å²) in [6, 6.07) is 0. The lowest BCUT2D eigenvalue weighted by Crippen LogP contribution is -2.08. The van der Waals surface area contributed by atoms with Crippen LogP contribution < -0.4 is 5.73 Å². The largest absolute Gasteiger partial charge is 0.383 e. The number of carbonyl (C=O) groups excluding carboxylic acids is 1. The molecule has 0 saturated heterocycles. The maximum atomic E-state index is 11.3. The second kappa shape index (κ2) is 2.99. The minimum atomic E-state index is -3.16. The van der Waals surface area contributed by atoms with Crippen LogP contribution in [-0.4, -0.2) is 24.2 Å². The lowest BCUT2D eigenvalue weighted by atomic mass is 10.2. The summed E-state index contributed by atoms with van der Waals surface area (Å²) in [6.07, 6.45) is 0. The van der Waals surface area contributed by atoms with E-state index in [9.17, 15) is 13.2 Å². The summed E-state index contributed by atoms with van der Waals surface area (Å²) in [6.45, 7) is 1.31. The van der Waals surface area contributed by atoms with Gasteiger partial charge in [0.1, 0.15) is 5.82 Å². The first-order valence-electron chi connectivity index (χ1n) is 4.26. The van der Waals surface area contributed by atoms with Gasteiger partial charge >= 0.3 is 0 Å². The van der Waals surface area contributed by atoms with E-state index in [2.05, 4.69) is 9.97 Å². The van der Waals surface area contributed by atoms with Crippen molar-refractivity contribution >= 4 is 21.4 Å². The molecule has 0 unspecified atom stereocenters. The molecule has 1 aliphatic rings. The van der Waals surface area contributed by atoms with Gasteiger partial charge in [0.05, 0.1) is 17.2 Å². The van der Waals surface area contributed by atoms with Gasteiger partial charge in [-0.25, -0.2) is 18.4 Å². The van der Waals surface area contributed by atoms with Crippen LogP contribution in [0.25, 0.3) is 0 Å². The van der Waals surface area contributed by atoms with E-state index in [0.717, 1.165) is 0 Å². The molecule has 0 atom stereocenters. The Kier molecular flexibility index (Phi) is 2.00. The van der Waals surface area contributed by atoms with Gasteiger partial charge in [-0.3, -0.25) is 4.79 Å². The highest BCUT2D eigenvalue weighted by atomic mass is 32.2.